The molecule has 1 aliphatic heterocycles. The smallest absolute Gasteiger partial charge is 0.193 e. The van der Waals surface area contributed by atoms with E-state index in [0.29, 0.717) is 19.1 Å². The minimum Gasteiger partial charge on any atom is -0.488 e. The number of rotatable bonds is 6. The number of halogens is 1. The third kappa shape index (κ3) is 6.39. The molecular weight excluding hydrogens is 453 g/mol. The van der Waals surface area contributed by atoms with Crippen LogP contribution in [0.3, 0.4) is 0 Å². The number of aryl methyl sites for hydroxylation is 2. The van der Waals surface area contributed by atoms with Crippen molar-refractivity contribution in [2.45, 2.75) is 39.3 Å². The highest BCUT2D eigenvalue weighted by Crippen LogP contribution is 2.24. The van der Waals surface area contributed by atoms with E-state index in [0.717, 1.165) is 42.0 Å². The number of nitrogens with one attached hydrogen (secondary N) is 1. The molecular formula is C21H28IN3O2. The second-order valence-corrected chi connectivity index (χ2v) is 6.59. The van der Waals surface area contributed by atoms with Gasteiger partial charge in [-0.15, -0.1) is 24.0 Å². The van der Waals surface area contributed by atoms with Gasteiger partial charge < -0.3 is 20.5 Å². The van der Waals surface area contributed by atoms with Crippen molar-refractivity contribution in [2.75, 3.05) is 18.5 Å². The van der Waals surface area contributed by atoms with E-state index in [2.05, 4.69) is 48.4 Å². The fourth-order valence-corrected chi connectivity index (χ4v) is 2.87. The van der Waals surface area contributed by atoms with Gasteiger partial charge in [0.15, 0.2) is 5.96 Å². The Labute approximate surface area is 178 Å². The Hall–Kier alpha value is -1.80. The third-order valence-corrected chi connectivity index (χ3v) is 4.46. The zero-order valence-electron chi connectivity index (χ0n) is 15.9. The van der Waals surface area contributed by atoms with Gasteiger partial charge in [-0.2, -0.15) is 0 Å². The summed E-state index contributed by atoms with van der Waals surface area (Å²) < 4.78 is 11.5. The van der Waals surface area contributed by atoms with Crippen molar-refractivity contribution in [1.82, 2.24) is 0 Å². The number of ether oxygens (including phenoxy) is 2. The molecule has 3 rings (SSSR count). The molecule has 1 aliphatic rings. The lowest BCUT2D eigenvalue weighted by Crippen LogP contribution is -2.22. The maximum atomic E-state index is 6.11. The van der Waals surface area contributed by atoms with E-state index in [-0.39, 0.29) is 30.1 Å². The predicted molar refractivity (Wildman–Crippen MR) is 121 cm³/mol. The monoisotopic (exact) mass is 481 g/mol. The van der Waals surface area contributed by atoms with Crippen LogP contribution in [0, 0.1) is 6.92 Å². The van der Waals surface area contributed by atoms with Crippen molar-refractivity contribution in [3.63, 3.8) is 0 Å². The summed E-state index contributed by atoms with van der Waals surface area (Å²) in [6.07, 6.45) is 2.06. The normalized spacial score (nSPS) is 16.7. The predicted octanol–water partition coefficient (Wildman–Crippen LogP) is 4.27. The number of aliphatic imine (C=N–C) groups is 1. The summed E-state index contributed by atoms with van der Waals surface area (Å²) in [7, 11) is 0. The number of nitrogens with zero attached hydrogens (tertiary/aromatic N) is 1. The summed E-state index contributed by atoms with van der Waals surface area (Å²) >= 11 is 0. The number of hydrogen-bond acceptors (Lipinski definition) is 3. The van der Waals surface area contributed by atoms with Crippen LogP contribution in [0.15, 0.2) is 47.5 Å². The summed E-state index contributed by atoms with van der Waals surface area (Å²) in [5.41, 5.74) is 10.5. The van der Waals surface area contributed by atoms with Gasteiger partial charge in [-0.3, -0.25) is 0 Å². The van der Waals surface area contributed by atoms with Crippen molar-refractivity contribution >= 4 is 35.6 Å². The topological polar surface area (TPSA) is 68.9 Å². The van der Waals surface area contributed by atoms with Gasteiger partial charge in [0.05, 0.1) is 19.8 Å². The minimum atomic E-state index is 0. The van der Waals surface area contributed by atoms with Crippen LogP contribution in [0.2, 0.25) is 0 Å². The highest BCUT2D eigenvalue weighted by Gasteiger charge is 2.18. The molecule has 2 aromatic rings. The van der Waals surface area contributed by atoms with Crippen LogP contribution in [0.1, 0.15) is 30.0 Å². The summed E-state index contributed by atoms with van der Waals surface area (Å²) in [6.45, 7) is 6.07. The maximum absolute atomic E-state index is 6.11. The lowest BCUT2D eigenvalue weighted by molar-refractivity contribution is 0.140. The van der Waals surface area contributed by atoms with Crippen LogP contribution in [0.5, 0.6) is 5.75 Å². The lowest BCUT2D eigenvalue weighted by atomic mass is 10.1. The number of benzene rings is 2. The molecule has 2 aromatic carbocycles. The van der Waals surface area contributed by atoms with Crippen molar-refractivity contribution in [1.29, 1.82) is 0 Å². The van der Waals surface area contributed by atoms with Crippen LogP contribution in [0.25, 0.3) is 0 Å². The Morgan fingerprint density at radius 3 is 2.70 bits per heavy atom. The summed E-state index contributed by atoms with van der Waals surface area (Å²) in [6, 6.07) is 14.4. The SMILES string of the molecule is CCc1ccc(NC(N)=NCc2ccc(C)cc2OC2CCOC2)cc1.I. The number of nitrogens with two attached hydrogens (primary N) is 1. The first-order valence-electron chi connectivity index (χ1n) is 9.14. The quantitative estimate of drug-likeness (QED) is 0.368. The van der Waals surface area contributed by atoms with Gasteiger partial charge in [-0.25, -0.2) is 4.99 Å². The highest BCUT2D eigenvalue weighted by atomic mass is 127. The molecule has 0 amide bonds. The largest absolute Gasteiger partial charge is 0.488 e. The Morgan fingerprint density at radius 2 is 2.04 bits per heavy atom. The number of guanidine groups is 1. The summed E-state index contributed by atoms with van der Waals surface area (Å²) in [5, 5.41) is 3.13. The maximum Gasteiger partial charge on any atom is 0.193 e. The van der Waals surface area contributed by atoms with Crippen molar-refractivity contribution < 1.29 is 9.47 Å². The van der Waals surface area contributed by atoms with Gasteiger partial charge >= 0.3 is 0 Å². The van der Waals surface area contributed by atoms with Crippen LogP contribution < -0.4 is 15.8 Å². The molecule has 1 heterocycles. The molecule has 0 spiro atoms. The van der Waals surface area contributed by atoms with E-state index in [1.54, 1.807) is 0 Å². The molecule has 1 fully saturated rings. The first-order valence-corrected chi connectivity index (χ1v) is 9.14. The molecule has 1 atom stereocenters. The molecule has 1 saturated heterocycles. The molecule has 0 bridgehead atoms. The van der Waals surface area contributed by atoms with Gasteiger partial charge in [-0.1, -0.05) is 31.2 Å². The zero-order chi connectivity index (χ0) is 18.4. The number of anilines is 1. The van der Waals surface area contributed by atoms with Gasteiger partial charge in [-0.05, 0) is 42.7 Å². The van der Waals surface area contributed by atoms with E-state index < -0.39 is 0 Å². The van der Waals surface area contributed by atoms with Crippen molar-refractivity contribution in [3.8, 4) is 5.75 Å². The molecule has 1 unspecified atom stereocenters. The molecule has 3 N–H and O–H groups in total. The molecule has 0 saturated carbocycles. The van der Waals surface area contributed by atoms with Crippen LogP contribution in [-0.4, -0.2) is 25.3 Å². The van der Waals surface area contributed by atoms with Crippen LogP contribution >= 0.6 is 24.0 Å². The lowest BCUT2D eigenvalue weighted by Gasteiger charge is -2.16. The Morgan fingerprint density at radius 1 is 1.26 bits per heavy atom. The Kier molecular flexibility index (Phi) is 8.37. The van der Waals surface area contributed by atoms with Crippen LogP contribution in [0.4, 0.5) is 5.69 Å². The first kappa shape index (κ1) is 21.5. The summed E-state index contributed by atoms with van der Waals surface area (Å²) in [5.74, 6) is 1.26. The molecule has 6 heteroatoms. The standard InChI is InChI=1S/C21H27N3O2.HI/c1-3-16-5-8-18(9-6-16)24-21(22)23-13-17-7-4-15(2)12-20(17)26-19-10-11-25-14-19;/h4-9,12,19H,3,10-11,13-14H2,1-2H3,(H3,22,23,24);1H. The molecule has 5 nitrogen and oxygen atoms in total. The van der Waals surface area contributed by atoms with E-state index in [9.17, 15) is 0 Å². The fraction of sp³-hybridized carbons (Fsp3) is 0.381. The summed E-state index contributed by atoms with van der Waals surface area (Å²) in [4.78, 5) is 4.47. The van der Waals surface area contributed by atoms with E-state index >= 15 is 0 Å². The zero-order valence-corrected chi connectivity index (χ0v) is 18.2. The second-order valence-electron chi connectivity index (χ2n) is 6.59. The van der Waals surface area contributed by atoms with Crippen molar-refractivity contribution in [2.24, 2.45) is 10.7 Å². The molecule has 0 aromatic heterocycles. The second kappa shape index (κ2) is 10.5. The van der Waals surface area contributed by atoms with E-state index in [4.69, 9.17) is 15.2 Å². The fourth-order valence-electron chi connectivity index (χ4n) is 2.87. The van der Waals surface area contributed by atoms with E-state index in [1.807, 2.05) is 18.2 Å². The Bertz CT molecular complexity index is 757. The molecule has 146 valence electrons. The molecule has 27 heavy (non-hydrogen) atoms. The van der Waals surface area contributed by atoms with Gasteiger partial charge in [0.1, 0.15) is 11.9 Å². The van der Waals surface area contributed by atoms with Gasteiger partial charge in [0.25, 0.3) is 0 Å². The first-order chi connectivity index (χ1) is 12.6. The molecule has 0 aliphatic carbocycles. The van der Waals surface area contributed by atoms with Crippen molar-refractivity contribution in [3.05, 3.63) is 59.2 Å². The van der Waals surface area contributed by atoms with Gasteiger partial charge in [0.2, 0.25) is 0 Å². The highest BCUT2D eigenvalue weighted by molar-refractivity contribution is 14.0. The number of hydrogen-bond donors (Lipinski definition) is 2. The van der Waals surface area contributed by atoms with Crippen LogP contribution in [-0.2, 0) is 17.7 Å². The van der Waals surface area contributed by atoms with E-state index in [1.165, 1.54) is 5.56 Å². The Balaban J connectivity index is 0.00000261. The van der Waals surface area contributed by atoms with Gasteiger partial charge in [0, 0.05) is 17.7 Å². The average molecular weight is 481 g/mol. The third-order valence-electron chi connectivity index (χ3n) is 4.46. The molecule has 0 radical (unpaired) electrons. The average Bonchev–Trinajstić information content (AvgIpc) is 3.15. The minimum absolute atomic E-state index is 0.